The molecule has 0 saturated heterocycles. The highest BCUT2D eigenvalue weighted by molar-refractivity contribution is 6.32. The molecule has 0 bridgehead atoms. The van der Waals surface area contributed by atoms with Crippen molar-refractivity contribution in [1.82, 2.24) is 0 Å². The molecule has 0 N–H and O–H groups in total. The second kappa shape index (κ2) is 3.99. The number of hydrogen-bond acceptors (Lipinski definition) is 0. The summed E-state index contributed by atoms with van der Waals surface area (Å²) in [5.41, 5.74) is 0.854. The van der Waals surface area contributed by atoms with E-state index in [-0.39, 0.29) is 0 Å². The van der Waals surface area contributed by atoms with Gasteiger partial charge in [0.15, 0.2) is 0 Å². The van der Waals surface area contributed by atoms with Gasteiger partial charge < -0.3 is 0 Å². The summed E-state index contributed by atoms with van der Waals surface area (Å²) in [6.45, 7) is 5.45. The minimum absolute atomic E-state index is 0.450. The Morgan fingerprint density at radius 1 is 1.75 bits per heavy atom. The monoisotopic (exact) mass is 150 g/mol. The summed E-state index contributed by atoms with van der Waals surface area (Å²) >= 11 is 10.9. The first-order chi connectivity index (χ1) is 3.68. The van der Waals surface area contributed by atoms with E-state index in [1.807, 2.05) is 6.92 Å². The summed E-state index contributed by atoms with van der Waals surface area (Å²) in [5, 5.41) is 0.653. The molecule has 0 rings (SSSR count). The molecule has 0 amide bonds. The largest absolute Gasteiger partial charge is 0.122 e. The standard InChI is InChI=1S/C6H8Cl2/c1-5(2)6(8)3-4-7/h3H,1,4H2,2H3. The Kier molecular flexibility index (Phi) is 4.02. The van der Waals surface area contributed by atoms with Gasteiger partial charge in [0.25, 0.3) is 0 Å². The van der Waals surface area contributed by atoms with E-state index in [4.69, 9.17) is 23.2 Å². The molecule has 0 aromatic heterocycles. The molecule has 0 spiro atoms. The molecule has 0 radical (unpaired) electrons. The van der Waals surface area contributed by atoms with Gasteiger partial charge in [0.05, 0.1) is 0 Å². The second-order valence-electron chi connectivity index (χ2n) is 1.49. The molecule has 0 aromatic carbocycles. The quantitative estimate of drug-likeness (QED) is 0.420. The summed E-state index contributed by atoms with van der Waals surface area (Å²) in [7, 11) is 0. The van der Waals surface area contributed by atoms with Gasteiger partial charge >= 0.3 is 0 Å². The van der Waals surface area contributed by atoms with Crippen molar-refractivity contribution in [1.29, 1.82) is 0 Å². The molecular weight excluding hydrogens is 143 g/mol. The van der Waals surface area contributed by atoms with Crippen molar-refractivity contribution in [3.8, 4) is 0 Å². The van der Waals surface area contributed by atoms with Gasteiger partial charge in [-0.2, -0.15) is 0 Å². The third kappa shape index (κ3) is 3.11. The van der Waals surface area contributed by atoms with Crippen molar-refractivity contribution in [2.24, 2.45) is 0 Å². The van der Waals surface area contributed by atoms with E-state index in [0.717, 1.165) is 5.57 Å². The van der Waals surface area contributed by atoms with Crippen molar-refractivity contribution in [3.63, 3.8) is 0 Å². The van der Waals surface area contributed by atoms with Crippen molar-refractivity contribution in [2.45, 2.75) is 6.92 Å². The van der Waals surface area contributed by atoms with E-state index in [1.54, 1.807) is 6.08 Å². The molecule has 0 aliphatic heterocycles. The molecule has 0 aliphatic rings. The van der Waals surface area contributed by atoms with E-state index in [9.17, 15) is 0 Å². The van der Waals surface area contributed by atoms with Gasteiger partial charge in [-0.3, -0.25) is 0 Å². The van der Waals surface area contributed by atoms with Crippen molar-refractivity contribution in [3.05, 3.63) is 23.3 Å². The van der Waals surface area contributed by atoms with Gasteiger partial charge in [-0.1, -0.05) is 24.3 Å². The van der Waals surface area contributed by atoms with Crippen LogP contribution in [0.5, 0.6) is 0 Å². The van der Waals surface area contributed by atoms with Crippen LogP contribution in [0.25, 0.3) is 0 Å². The Labute approximate surface area is 59.8 Å². The predicted octanol–water partition coefficient (Wildman–Crippen LogP) is 2.92. The summed E-state index contributed by atoms with van der Waals surface area (Å²) in [5.74, 6) is 0.450. The van der Waals surface area contributed by atoms with Gasteiger partial charge in [0.1, 0.15) is 0 Å². The molecule has 2 heteroatoms. The summed E-state index contributed by atoms with van der Waals surface area (Å²) < 4.78 is 0. The SMILES string of the molecule is C=C(C)C(Cl)=CCCl. The molecule has 0 unspecified atom stereocenters. The second-order valence-corrected chi connectivity index (χ2v) is 2.20. The van der Waals surface area contributed by atoms with Crippen molar-refractivity contribution < 1.29 is 0 Å². The topological polar surface area (TPSA) is 0 Å². The third-order valence-electron chi connectivity index (χ3n) is 0.664. The predicted molar refractivity (Wildman–Crippen MR) is 39.5 cm³/mol. The minimum atomic E-state index is 0.450. The average Bonchev–Trinajstić information content (AvgIpc) is 1.67. The highest BCUT2D eigenvalue weighted by Gasteiger charge is 1.87. The van der Waals surface area contributed by atoms with E-state index < -0.39 is 0 Å². The number of rotatable bonds is 2. The van der Waals surface area contributed by atoms with Gasteiger partial charge in [0, 0.05) is 10.9 Å². The Morgan fingerprint density at radius 2 is 2.25 bits per heavy atom. The molecule has 0 nitrogen and oxygen atoms in total. The maximum absolute atomic E-state index is 5.59. The molecule has 0 fully saturated rings. The van der Waals surface area contributed by atoms with Crippen LogP contribution in [0, 0.1) is 0 Å². The van der Waals surface area contributed by atoms with Crippen LogP contribution in [0.4, 0.5) is 0 Å². The van der Waals surface area contributed by atoms with Crippen LogP contribution in [0.3, 0.4) is 0 Å². The van der Waals surface area contributed by atoms with Crippen molar-refractivity contribution >= 4 is 23.2 Å². The van der Waals surface area contributed by atoms with Crippen molar-refractivity contribution in [2.75, 3.05) is 5.88 Å². The lowest BCUT2D eigenvalue weighted by Gasteiger charge is -1.90. The van der Waals surface area contributed by atoms with Crippen LogP contribution in [-0.4, -0.2) is 5.88 Å². The molecule has 0 heterocycles. The van der Waals surface area contributed by atoms with Gasteiger partial charge in [-0.15, -0.1) is 11.6 Å². The minimum Gasteiger partial charge on any atom is -0.122 e. The van der Waals surface area contributed by atoms with Crippen LogP contribution in [-0.2, 0) is 0 Å². The lowest BCUT2D eigenvalue weighted by Crippen LogP contribution is -1.72. The zero-order chi connectivity index (χ0) is 6.57. The Morgan fingerprint density at radius 3 is 2.38 bits per heavy atom. The number of hydrogen-bond donors (Lipinski definition) is 0. The normalized spacial score (nSPS) is 11.6. The van der Waals surface area contributed by atoms with Crippen LogP contribution in [0.1, 0.15) is 6.92 Å². The zero-order valence-electron chi connectivity index (χ0n) is 4.75. The highest BCUT2D eigenvalue weighted by atomic mass is 35.5. The lowest BCUT2D eigenvalue weighted by atomic mass is 10.3. The number of allylic oxidation sites excluding steroid dienone is 3. The average molecular weight is 151 g/mol. The molecule has 0 atom stereocenters. The Bertz CT molecular complexity index is 114. The summed E-state index contributed by atoms with van der Waals surface area (Å²) in [6.07, 6.45) is 1.71. The first-order valence-electron chi connectivity index (χ1n) is 2.26. The molecule has 0 aliphatic carbocycles. The molecular formula is C6H8Cl2. The molecule has 46 valence electrons. The summed E-state index contributed by atoms with van der Waals surface area (Å²) in [6, 6.07) is 0. The summed E-state index contributed by atoms with van der Waals surface area (Å²) in [4.78, 5) is 0. The highest BCUT2D eigenvalue weighted by Crippen LogP contribution is 2.10. The van der Waals surface area contributed by atoms with E-state index in [1.165, 1.54) is 0 Å². The van der Waals surface area contributed by atoms with Crippen LogP contribution in [0.15, 0.2) is 23.3 Å². The first-order valence-corrected chi connectivity index (χ1v) is 3.17. The fraction of sp³-hybridized carbons (Fsp3) is 0.333. The van der Waals surface area contributed by atoms with E-state index in [2.05, 4.69) is 6.58 Å². The molecule has 0 saturated carbocycles. The maximum atomic E-state index is 5.59. The fourth-order valence-electron chi connectivity index (χ4n) is 0.242. The zero-order valence-corrected chi connectivity index (χ0v) is 6.26. The van der Waals surface area contributed by atoms with Crippen LogP contribution >= 0.6 is 23.2 Å². The first kappa shape index (κ1) is 8.06. The Hall–Kier alpha value is 0.0600. The van der Waals surface area contributed by atoms with Crippen LogP contribution < -0.4 is 0 Å². The maximum Gasteiger partial charge on any atom is 0.0421 e. The fourth-order valence-corrected chi connectivity index (χ4v) is 0.552. The van der Waals surface area contributed by atoms with Gasteiger partial charge in [-0.05, 0) is 12.5 Å². The Balaban J connectivity index is 3.80. The van der Waals surface area contributed by atoms with Gasteiger partial charge in [0.2, 0.25) is 0 Å². The van der Waals surface area contributed by atoms with Crippen LogP contribution in [0.2, 0.25) is 0 Å². The lowest BCUT2D eigenvalue weighted by molar-refractivity contribution is 1.50. The van der Waals surface area contributed by atoms with E-state index >= 15 is 0 Å². The number of alkyl halides is 1. The number of halogens is 2. The van der Waals surface area contributed by atoms with E-state index in [0.29, 0.717) is 10.9 Å². The molecule has 0 aromatic rings. The third-order valence-corrected chi connectivity index (χ3v) is 1.30. The smallest absolute Gasteiger partial charge is 0.0421 e. The van der Waals surface area contributed by atoms with Gasteiger partial charge in [-0.25, -0.2) is 0 Å². The molecule has 8 heavy (non-hydrogen) atoms.